The Morgan fingerprint density at radius 1 is 1.18 bits per heavy atom. The maximum Gasteiger partial charge on any atom is 0.335 e. The molecule has 2 aromatic rings. The van der Waals surface area contributed by atoms with E-state index < -0.39 is 5.97 Å². The zero-order chi connectivity index (χ0) is 12.4. The number of hydrogen-bond donors (Lipinski definition) is 1. The average Bonchev–Trinajstić information content (AvgIpc) is 2.33. The Labute approximate surface area is 104 Å². The van der Waals surface area contributed by atoms with Gasteiger partial charge in [0.15, 0.2) is 0 Å². The quantitative estimate of drug-likeness (QED) is 0.869. The largest absolute Gasteiger partial charge is 0.478 e. The van der Waals surface area contributed by atoms with Crippen LogP contribution in [-0.2, 0) is 0 Å². The molecule has 0 saturated heterocycles. The summed E-state index contributed by atoms with van der Waals surface area (Å²) in [7, 11) is 0. The van der Waals surface area contributed by atoms with Crippen LogP contribution in [0.3, 0.4) is 0 Å². The number of benzene rings is 2. The Morgan fingerprint density at radius 3 is 2.59 bits per heavy atom. The number of carbonyl (C=O) groups is 1. The van der Waals surface area contributed by atoms with Crippen molar-refractivity contribution in [3.05, 3.63) is 58.6 Å². The lowest BCUT2D eigenvalue weighted by Gasteiger charge is -2.07. The Morgan fingerprint density at radius 2 is 1.88 bits per heavy atom. The molecule has 0 heterocycles. The summed E-state index contributed by atoms with van der Waals surface area (Å²) in [5.74, 6) is -0.935. The van der Waals surface area contributed by atoms with E-state index in [1.165, 1.54) is 0 Å². The molecular formula is C14H11ClO2. The zero-order valence-corrected chi connectivity index (χ0v) is 10.0. The summed E-state index contributed by atoms with van der Waals surface area (Å²) >= 11 is 6.21. The molecule has 3 heteroatoms. The van der Waals surface area contributed by atoms with Crippen molar-refractivity contribution in [3.63, 3.8) is 0 Å². The average molecular weight is 247 g/mol. The lowest BCUT2D eigenvalue weighted by Crippen LogP contribution is -1.95. The third-order valence-corrected chi connectivity index (χ3v) is 3.11. The van der Waals surface area contributed by atoms with Gasteiger partial charge in [0.1, 0.15) is 0 Å². The number of halogens is 1. The van der Waals surface area contributed by atoms with Crippen LogP contribution in [-0.4, -0.2) is 11.1 Å². The number of carboxylic acids is 1. The molecule has 0 fully saturated rings. The van der Waals surface area contributed by atoms with Crippen LogP contribution < -0.4 is 0 Å². The molecule has 0 aromatic heterocycles. The third-order valence-electron chi connectivity index (χ3n) is 2.61. The summed E-state index contributed by atoms with van der Waals surface area (Å²) in [4.78, 5) is 10.9. The molecule has 0 aliphatic heterocycles. The Hall–Kier alpha value is -1.80. The Balaban J connectivity index is 2.57. The normalized spacial score (nSPS) is 10.2. The van der Waals surface area contributed by atoms with Crippen molar-refractivity contribution in [1.82, 2.24) is 0 Å². The molecule has 0 spiro atoms. The van der Waals surface area contributed by atoms with E-state index >= 15 is 0 Å². The minimum absolute atomic E-state index is 0.264. The van der Waals surface area contributed by atoms with Gasteiger partial charge in [-0.05, 0) is 30.2 Å². The molecule has 0 atom stereocenters. The fourth-order valence-corrected chi connectivity index (χ4v) is 1.93. The van der Waals surface area contributed by atoms with Crippen molar-refractivity contribution < 1.29 is 9.90 Å². The first kappa shape index (κ1) is 11.7. The smallest absolute Gasteiger partial charge is 0.335 e. The minimum Gasteiger partial charge on any atom is -0.478 e. The van der Waals surface area contributed by atoms with Crippen molar-refractivity contribution in [1.29, 1.82) is 0 Å². The molecule has 0 aliphatic rings. The van der Waals surface area contributed by atoms with Crippen LogP contribution in [0.1, 0.15) is 15.9 Å². The topological polar surface area (TPSA) is 37.3 Å². The van der Waals surface area contributed by atoms with Crippen molar-refractivity contribution >= 4 is 17.6 Å². The summed E-state index contributed by atoms with van der Waals surface area (Å²) in [5, 5.41) is 9.61. The monoisotopic (exact) mass is 246 g/mol. The van der Waals surface area contributed by atoms with Crippen LogP contribution in [0, 0.1) is 6.92 Å². The molecule has 0 saturated carbocycles. The van der Waals surface area contributed by atoms with E-state index in [2.05, 4.69) is 0 Å². The van der Waals surface area contributed by atoms with Gasteiger partial charge in [-0.3, -0.25) is 0 Å². The number of aryl methyl sites for hydroxylation is 1. The second-order valence-corrected chi connectivity index (χ2v) is 4.20. The molecule has 2 aromatic carbocycles. The summed E-state index contributed by atoms with van der Waals surface area (Å²) < 4.78 is 0. The highest BCUT2D eigenvalue weighted by atomic mass is 35.5. The predicted octanol–water partition coefficient (Wildman–Crippen LogP) is 4.01. The maximum absolute atomic E-state index is 10.9. The summed E-state index contributed by atoms with van der Waals surface area (Å²) in [6, 6.07) is 12.5. The lowest BCUT2D eigenvalue weighted by molar-refractivity contribution is 0.0697. The predicted molar refractivity (Wildman–Crippen MR) is 68.6 cm³/mol. The van der Waals surface area contributed by atoms with Gasteiger partial charge >= 0.3 is 5.97 Å². The summed E-state index contributed by atoms with van der Waals surface area (Å²) in [5.41, 5.74) is 2.92. The van der Waals surface area contributed by atoms with E-state index in [9.17, 15) is 4.79 Å². The summed E-state index contributed by atoms with van der Waals surface area (Å²) in [6.07, 6.45) is 0. The number of aromatic carboxylic acids is 1. The third kappa shape index (κ3) is 2.32. The van der Waals surface area contributed by atoms with E-state index in [1.54, 1.807) is 18.2 Å². The van der Waals surface area contributed by atoms with Gasteiger partial charge in [0.25, 0.3) is 0 Å². The molecule has 1 N–H and O–H groups in total. The molecule has 2 nitrogen and oxygen atoms in total. The van der Waals surface area contributed by atoms with Crippen molar-refractivity contribution in [2.24, 2.45) is 0 Å². The standard InChI is InChI=1S/C14H11ClO2/c1-9-4-2-7-12(13(9)15)10-5-3-6-11(8-10)14(16)17/h2-8H,1H3,(H,16,17). The van der Waals surface area contributed by atoms with E-state index in [0.29, 0.717) is 5.02 Å². The molecule has 17 heavy (non-hydrogen) atoms. The van der Waals surface area contributed by atoms with Gasteiger partial charge in [-0.1, -0.05) is 41.9 Å². The highest BCUT2D eigenvalue weighted by Gasteiger charge is 2.08. The van der Waals surface area contributed by atoms with Gasteiger partial charge in [0.2, 0.25) is 0 Å². The van der Waals surface area contributed by atoms with Gasteiger partial charge in [0.05, 0.1) is 10.6 Å². The zero-order valence-electron chi connectivity index (χ0n) is 9.27. The van der Waals surface area contributed by atoms with Crippen LogP contribution >= 0.6 is 11.6 Å². The van der Waals surface area contributed by atoms with Gasteiger partial charge in [-0.2, -0.15) is 0 Å². The van der Waals surface area contributed by atoms with E-state index in [1.807, 2.05) is 31.2 Å². The van der Waals surface area contributed by atoms with E-state index in [4.69, 9.17) is 16.7 Å². The van der Waals surface area contributed by atoms with Gasteiger partial charge in [-0.25, -0.2) is 4.79 Å². The number of hydrogen-bond acceptors (Lipinski definition) is 1. The fourth-order valence-electron chi connectivity index (χ4n) is 1.69. The first-order valence-electron chi connectivity index (χ1n) is 5.18. The SMILES string of the molecule is Cc1cccc(-c2cccc(C(=O)O)c2)c1Cl. The maximum atomic E-state index is 10.9. The second-order valence-electron chi connectivity index (χ2n) is 3.82. The van der Waals surface area contributed by atoms with Crippen LogP contribution in [0.25, 0.3) is 11.1 Å². The van der Waals surface area contributed by atoms with Crippen LogP contribution in [0.2, 0.25) is 5.02 Å². The van der Waals surface area contributed by atoms with Gasteiger partial charge in [0, 0.05) is 5.56 Å². The molecule has 0 radical (unpaired) electrons. The molecule has 0 aliphatic carbocycles. The minimum atomic E-state index is -0.935. The first-order chi connectivity index (χ1) is 8.09. The first-order valence-corrected chi connectivity index (χ1v) is 5.56. The highest BCUT2D eigenvalue weighted by Crippen LogP contribution is 2.30. The molecular weight excluding hydrogens is 236 g/mol. The summed E-state index contributed by atoms with van der Waals surface area (Å²) in [6.45, 7) is 1.92. The van der Waals surface area contributed by atoms with Crippen molar-refractivity contribution in [3.8, 4) is 11.1 Å². The van der Waals surface area contributed by atoms with Crippen molar-refractivity contribution in [2.45, 2.75) is 6.92 Å². The van der Waals surface area contributed by atoms with Crippen molar-refractivity contribution in [2.75, 3.05) is 0 Å². The van der Waals surface area contributed by atoms with Crippen LogP contribution in [0.15, 0.2) is 42.5 Å². The molecule has 0 amide bonds. The second kappa shape index (κ2) is 4.60. The molecule has 86 valence electrons. The lowest BCUT2D eigenvalue weighted by atomic mass is 10.0. The highest BCUT2D eigenvalue weighted by molar-refractivity contribution is 6.34. The number of carboxylic acid groups (broad SMARTS) is 1. The van der Waals surface area contributed by atoms with Crippen LogP contribution in [0.5, 0.6) is 0 Å². The molecule has 0 unspecified atom stereocenters. The van der Waals surface area contributed by atoms with Gasteiger partial charge in [-0.15, -0.1) is 0 Å². The Bertz CT molecular complexity index is 576. The van der Waals surface area contributed by atoms with E-state index in [0.717, 1.165) is 16.7 Å². The fraction of sp³-hybridized carbons (Fsp3) is 0.0714. The van der Waals surface area contributed by atoms with Crippen LogP contribution in [0.4, 0.5) is 0 Å². The Kier molecular flexibility index (Phi) is 3.16. The number of rotatable bonds is 2. The molecule has 0 bridgehead atoms. The van der Waals surface area contributed by atoms with E-state index in [-0.39, 0.29) is 5.56 Å². The molecule has 2 rings (SSSR count). The van der Waals surface area contributed by atoms with Gasteiger partial charge < -0.3 is 5.11 Å².